The summed E-state index contributed by atoms with van der Waals surface area (Å²) in [5, 5.41) is 3.49. The third-order valence-electron chi connectivity index (χ3n) is 3.27. The molecule has 19 heavy (non-hydrogen) atoms. The highest BCUT2D eigenvalue weighted by atomic mass is 16.5. The fourth-order valence-electron chi connectivity index (χ4n) is 2.11. The normalized spacial score (nSPS) is 12.4. The number of ether oxygens (including phenoxy) is 1. The molecule has 0 saturated heterocycles. The Hall–Kier alpha value is -1.81. The first-order chi connectivity index (χ1) is 9.20. The van der Waals surface area contributed by atoms with Crippen LogP contribution in [0.15, 0.2) is 36.7 Å². The molecule has 2 rings (SSSR count). The van der Waals surface area contributed by atoms with Crippen LogP contribution in [0, 0.1) is 0 Å². The maximum atomic E-state index is 5.15. The number of aromatic nitrogens is 2. The van der Waals surface area contributed by atoms with E-state index in [1.165, 1.54) is 5.56 Å². The molecule has 0 radical (unpaired) electrons. The molecule has 1 atom stereocenters. The summed E-state index contributed by atoms with van der Waals surface area (Å²) < 4.78 is 7.19. The van der Waals surface area contributed by atoms with Crippen molar-refractivity contribution in [1.29, 1.82) is 0 Å². The standard InChI is InChI=1S/C15H21N3O/c1-12(15-17-10-11-18(15)2)16-9-8-13-4-6-14(19-3)7-5-13/h4-7,10-12,16H,8-9H2,1-3H3. The lowest BCUT2D eigenvalue weighted by Gasteiger charge is -2.13. The van der Waals surface area contributed by atoms with Crippen molar-refractivity contribution < 1.29 is 4.74 Å². The first-order valence-corrected chi connectivity index (χ1v) is 6.54. The first kappa shape index (κ1) is 13.6. The first-order valence-electron chi connectivity index (χ1n) is 6.54. The second-order valence-corrected chi connectivity index (χ2v) is 4.67. The van der Waals surface area contributed by atoms with Crippen molar-refractivity contribution in [3.8, 4) is 5.75 Å². The van der Waals surface area contributed by atoms with E-state index < -0.39 is 0 Å². The second-order valence-electron chi connectivity index (χ2n) is 4.67. The number of methoxy groups -OCH3 is 1. The molecule has 102 valence electrons. The van der Waals surface area contributed by atoms with Crippen LogP contribution in [0.4, 0.5) is 0 Å². The van der Waals surface area contributed by atoms with Gasteiger partial charge in [0.25, 0.3) is 0 Å². The zero-order chi connectivity index (χ0) is 13.7. The number of rotatable bonds is 6. The van der Waals surface area contributed by atoms with Crippen molar-refractivity contribution in [2.24, 2.45) is 7.05 Å². The van der Waals surface area contributed by atoms with Crippen molar-refractivity contribution >= 4 is 0 Å². The lowest BCUT2D eigenvalue weighted by Crippen LogP contribution is -2.23. The molecule has 0 aliphatic carbocycles. The molecule has 0 bridgehead atoms. The zero-order valence-corrected chi connectivity index (χ0v) is 11.8. The van der Waals surface area contributed by atoms with Crippen LogP contribution in [0.1, 0.15) is 24.4 Å². The van der Waals surface area contributed by atoms with E-state index in [-0.39, 0.29) is 6.04 Å². The summed E-state index contributed by atoms with van der Waals surface area (Å²) in [6.07, 6.45) is 4.80. The number of benzene rings is 1. The number of hydrogen-bond acceptors (Lipinski definition) is 3. The lowest BCUT2D eigenvalue weighted by molar-refractivity contribution is 0.414. The van der Waals surface area contributed by atoms with E-state index >= 15 is 0 Å². The van der Waals surface area contributed by atoms with Gasteiger partial charge in [-0.05, 0) is 37.6 Å². The highest BCUT2D eigenvalue weighted by Gasteiger charge is 2.08. The van der Waals surface area contributed by atoms with Gasteiger partial charge < -0.3 is 14.6 Å². The molecule has 1 aromatic carbocycles. The van der Waals surface area contributed by atoms with Crippen molar-refractivity contribution in [3.05, 3.63) is 48.0 Å². The third-order valence-corrected chi connectivity index (χ3v) is 3.27. The molecular weight excluding hydrogens is 238 g/mol. The molecule has 0 aliphatic heterocycles. The SMILES string of the molecule is COc1ccc(CCNC(C)c2nccn2C)cc1. The molecule has 0 saturated carbocycles. The van der Waals surface area contributed by atoms with Crippen molar-refractivity contribution in [1.82, 2.24) is 14.9 Å². The van der Waals surface area contributed by atoms with Crippen LogP contribution in [0.2, 0.25) is 0 Å². The molecule has 0 fully saturated rings. The average molecular weight is 259 g/mol. The molecule has 2 aromatic rings. The fraction of sp³-hybridized carbons (Fsp3) is 0.400. The molecule has 1 N–H and O–H groups in total. The molecule has 0 amide bonds. The van der Waals surface area contributed by atoms with Gasteiger partial charge in [-0.3, -0.25) is 0 Å². The van der Waals surface area contributed by atoms with Crippen molar-refractivity contribution in [3.63, 3.8) is 0 Å². The van der Waals surface area contributed by atoms with Gasteiger partial charge in [0, 0.05) is 19.4 Å². The Bertz CT molecular complexity index is 504. The van der Waals surface area contributed by atoms with Gasteiger partial charge >= 0.3 is 0 Å². The topological polar surface area (TPSA) is 39.1 Å². The minimum absolute atomic E-state index is 0.262. The summed E-state index contributed by atoms with van der Waals surface area (Å²) in [5.74, 6) is 1.97. The maximum Gasteiger partial charge on any atom is 0.125 e. The summed E-state index contributed by atoms with van der Waals surface area (Å²) >= 11 is 0. The lowest BCUT2D eigenvalue weighted by atomic mass is 10.1. The summed E-state index contributed by atoms with van der Waals surface area (Å²) in [7, 11) is 3.70. The Morgan fingerprint density at radius 2 is 2.05 bits per heavy atom. The highest BCUT2D eigenvalue weighted by molar-refractivity contribution is 5.27. The number of nitrogens with one attached hydrogen (secondary N) is 1. The Balaban J connectivity index is 1.81. The molecule has 4 nitrogen and oxygen atoms in total. The van der Waals surface area contributed by atoms with Crippen LogP contribution < -0.4 is 10.1 Å². The van der Waals surface area contributed by atoms with Gasteiger partial charge in [0.05, 0.1) is 13.2 Å². The number of imidazole rings is 1. The van der Waals surface area contributed by atoms with E-state index in [9.17, 15) is 0 Å². The molecular formula is C15H21N3O. The maximum absolute atomic E-state index is 5.15. The molecule has 0 spiro atoms. The quantitative estimate of drug-likeness (QED) is 0.865. The van der Waals surface area contributed by atoms with Crippen LogP contribution in [-0.2, 0) is 13.5 Å². The second kappa shape index (κ2) is 6.38. The predicted octanol–water partition coefficient (Wildman–Crippen LogP) is 2.32. The average Bonchev–Trinajstić information content (AvgIpc) is 2.86. The van der Waals surface area contributed by atoms with Gasteiger partial charge in [0.1, 0.15) is 11.6 Å². The smallest absolute Gasteiger partial charge is 0.125 e. The summed E-state index contributed by atoms with van der Waals surface area (Å²) in [5.41, 5.74) is 1.31. The van der Waals surface area contributed by atoms with Crippen LogP contribution in [-0.4, -0.2) is 23.2 Å². The van der Waals surface area contributed by atoms with E-state index in [2.05, 4.69) is 29.4 Å². The van der Waals surface area contributed by atoms with E-state index in [0.717, 1.165) is 24.5 Å². The summed E-state index contributed by atoms with van der Waals surface area (Å²) in [4.78, 5) is 4.35. The van der Waals surface area contributed by atoms with Crippen molar-refractivity contribution in [2.75, 3.05) is 13.7 Å². The van der Waals surface area contributed by atoms with Crippen LogP contribution in [0.25, 0.3) is 0 Å². The minimum Gasteiger partial charge on any atom is -0.497 e. The van der Waals surface area contributed by atoms with Crippen LogP contribution >= 0.6 is 0 Å². The van der Waals surface area contributed by atoms with E-state index in [1.807, 2.05) is 36.1 Å². The van der Waals surface area contributed by atoms with Crippen LogP contribution in [0.3, 0.4) is 0 Å². The fourth-order valence-corrected chi connectivity index (χ4v) is 2.11. The number of aryl methyl sites for hydroxylation is 1. The van der Waals surface area contributed by atoms with E-state index in [1.54, 1.807) is 7.11 Å². The van der Waals surface area contributed by atoms with E-state index in [4.69, 9.17) is 4.74 Å². The Morgan fingerprint density at radius 3 is 2.63 bits per heavy atom. The largest absolute Gasteiger partial charge is 0.497 e. The van der Waals surface area contributed by atoms with Gasteiger partial charge in [-0.1, -0.05) is 12.1 Å². The van der Waals surface area contributed by atoms with Gasteiger partial charge in [-0.15, -0.1) is 0 Å². The summed E-state index contributed by atoms with van der Waals surface area (Å²) in [6.45, 7) is 3.07. The van der Waals surface area contributed by atoms with Gasteiger partial charge in [-0.25, -0.2) is 4.98 Å². The zero-order valence-electron chi connectivity index (χ0n) is 11.8. The van der Waals surface area contributed by atoms with E-state index in [0.29, 0.717) is 0 Å². The molecule has 4 heteroatoms. The third kappa shape index (κ3) is 3.58. The molecule has 1 unspecified atom stereocenters. The highest BCUT2D eigenvalue weighted by Crippen LogP contribution is 2.12. The molecule has 0 aliphatic rings. The Kier molecular flexibility index (Phi) is 4.58. The summed E-state index contributed by atoms with van der Waals surface area (Å²) in [6, 6.07) is 8.46. The predicted molar refractivity (Wildman–Crippen MR) is 76.3 cm³/mol. The van der Waals surface area contributed by atoms with Crippen molar-refractivity contribution in [2.45, 2.75) is 19.4 Å². The van der Waals surface area contributed by atoms with Gasteiger partial charge in [0.15, 0.2) is 0 Å². The Labute approximate surface area is 114 Å². The molecule has 1 aromatic heterocycles. The number of nitrogens with zero attached hydrogens (tertiary/aromatic N) is 2. The van der Waals surface area contributed by atoms with Gasteiger partial charge in [0.2, 0.25) is 0 Å². The monoisotopic (exact) mass is 259 g/mol. The van der Waals surface area contributed by atoms with Crippen LogP contribution in [0.5, 0.6) is 5.75 Å². The minimum atomic E-state index is 0.262. The Morgan fingerprint density at radius 1 is 1.32 bits per heavy atom. The molecule has 1 heterocycles. The number of hydrogen-bond donors (Lipinski definition) is 1. The van der Waals surface area contributed by atoms with Gasteiger partial charge in [-0.2, -0.15) is 0 Å².